The predicted octanol–water partition coefficient (Wildman–Crippen LogP) is 15.6. The van der Waals surface area contributed by atoms with Crippen molar-refractivity contribution in [3.05, 3.63) is 230 Å². The third-order valence-corrected chi connectivity index (χ3v) is 12.4. The Labute approximate surface area is 345 Å². The summed E-state index contributed by atoms with van der Waals surface area (Å²) in [7, 11) is 0. The predicted molar refractivity (Wildman–Crippen MR) is 249 cm³/mol. The van der Waals surface area contributed by atoms with Crippen LogP contribution in [0.25, 0.3) is 72.0 Å². The third-order valence-electron chi connectivity index (χ3n) is 12.4. The van der Waals surface area contributed by atoms with Crippen molar-refractivity contribution in [1.29, 1.82) is 0 Å². The molecule has 1 heterocycles. The fraction of sp³-hybridized carbons (Fsp3) is 0.0526. The Morgan fingerprint density at radius 1 is 0.356 bits per heavy atom. The first-order valence-corrected chi connectivity index (χ1v) is 20.5. The van der Waals surface area contributed by atoms with Crippen LogP contribution in [0.2, 0.25) is 0 Å². The van der Waals surface area contributed by atoms with E-state index in [9.17, 15) is 0 Å². The minimum atomic E-state index is -0.0404. The lowest BCUT2D eigenvalue weighted by Crippen LogP contribution is -2.14. The standard InChI is InChI=1S/C57H42N2/c1-57(2)52-21-11-9-18-49(52)50-37-30-43(38-53(50)57)41-26-33-46(34-27-41)58(45-31-24-40(25-32-45)39-14-5-3-6-15-39)47-35-28-42(29-36-47)48-20-13-23-55-56(48)51-19-10-12-22-54(51)59(55)44-16-7-4-8-17-44/h3-38H,1-2H3. The van der Waals surface area contributed by atoms with Gasteiger partial charge in [-0.15, -0.1) is 0 Å². The van der Waals surface area contributed by atoms with Crippen molar-refractivity contribution in [3.8, 4) is 50.2 Å². The van der Waals surface area contributed by atoms with Crippen LogP contribution in [0.4, 0.5) is 17.1 Å². The maximum atomic E-state index is 2.40. The topological polar surface area (TPSA) is 8.17 Å². The lowest BCUT2D eigenvalue weighted by molar-refractivity contribution is 0.660. The zero-order chi connectivity index (χ0) is 39.5. The molecule has 2 heteroatoms. The average molecular weight is 755 g/mol. The van der Waals surface area contributed by atoms with Gasteiger partial charge >= 0.3 is 0 Å². The first-order valence-electron chi connectivity index (χ1n) is 20.5. The maximum absolute atomic E-state index is 2.40. The molecule has 9 aromatic carbocycles. The van der Waals surface area contributed by atoms with E-state index in [4.69, 9.17) is 0 Å². The first-order chi connectivity index (χ1) is 29.0. The molecule has 0 amide bonds. The van der Waals surface area contributed by atoms with Crippen LogP contribution in [-0.4, -0.2) is 4.57 Å². The van der Waals surface area contributed by atoms with Crippen LogP contribution in [0.15, 0.2) is 218 Å². The maximum Gasteiger partial charge on any atom is 0.0547 e. The van der Waals surface area contributed by atoms with Crippen LogP contribution < -0.4 is 4.90 Å². The molecular formula is C57H42N2. The van der Waals surface area contributed by atoms with Gasteiger partial charge in [0.2, 0.25) is 0 Å². The summed E-state index contributed by atoms with van der Waals surface area (Å²) in [5, 5.41) is 2.52. The zero-order valence-electron chi connectivity index (χ0n) is 33.2. The molecule has 0 atom stereocenters. The fourth-order valence-corrected chi connectivity index (χ4v) is 9.47. The highest BCUT2D eigenvalue weighted by molar-refractivity contribution is 6.15. The van der Waals surface area contributed by atoms with Crippen LogP contribution in [0.5, 0.6) is 0 Å². The molecule has 0 spiro atoms. The van der Waals surface area contributed by atoms with Gasteiger partial charge in [0.05, 0.1) is 11.0 Å². The van der Waals surface area contributed by atoms with E-state index in [0.29, 0.717) is 0 Å². The molecule has 0 radical (unpaired) electrons. The van der Waals surface area contributed by atoms with E-state index in [0.717, 1.165) is 22.7 Å². The number of benzene rings is 9. The van der Waals surface area contributed by atoms with Crippen LogP contribution in [0.3, 0.4) is 0 Å². The first kappa shape index (κ1) is 34.8. The van der Waals surface area contributed by atoms with Crippen molar-refractivity contribution in [2.24, 2.45) is 0 Å². The van der Waals surface area contributed by atoms with E-state index in [-0.39, 0.29) is 5.41 Å². The Balaban J connectivity index is 0.988. The van der Waals surface area contributed by atoms with E-state index >= 15 is 0 Å². The van der Waals surface area contributed by atoms with E-state index < -0.39 is 0 Å². The van der Waals surface area contributed by atoms with Crippen LogP contribution in [0.1, 0.15) is 25.0 Å². The summed E-state index contributed by atoms with van der Waals surface area (Å²) < 4.78 is 2.38. The van der Waals surface area contributed by atoms with Crippen molar-refractivity contribution < 1.29 is 0 Å². The Kier molecular flexibility index (Phi) is 8.20. The smallest absolute Gasteiger partial charge is 0.0547 e. The number of anilines is 3. The zero-order valence-corrected chi connectivity index (χ0v) is 33.2. The average Bonchev–Trinajstić information content (AvgIpc) is 3.76. The molecule has 59 heavy (non-hydrogen) atoms. The second-order valence-corrected chi connectivity index (χ2v) is 16.2. The highest BCUT2D eigenvalue weighted by Crippen LogP contribution is 2.50. The summed E-state index contributed by atoms with van der Waals surface area (Å²) in [4.78, 5) is 2.37. The summed E-state index contributed by atoms with van der Waals surface area (Å²) in [6, 6.07) is 79.7. The van der Waals surface area contributed by atoms with Gasteiger partial charge in [0.25, 0.3) is 0 Å². The molecule has 0 unspecified atom stereocenters. The number of aromatic nitrogens is 1. The van der Waals surface area contributed by atoms with Crippen molar-refractivity contribution in [1.82, 2.24) is 4.57 Å². The number of fused-ring (bicyclic) bond motifs is 6. The molecule has 1 aromatic heterocycles. The van der Waals surface area contributed by atoms with Crippen LogP contribution in [0, 0.1) is 0 Å². The number of para-hydroxylation sites is 2. The monoisotopic (exact) mass is 754 g/mol. The van der Waals surface area contributed by atoms with E-state index in [2.05, 4.69) is 242 Å². The number of nitrogens with zero attached hydrogens (tertiary/aromatic N) is 2. The van der Waals surface area contributed by atoms with Gasteiger partial charge in [-0.2, -0.15) is 0 Å². The van der Waals surface area contributed by atoms with E-state index in [1.54, 1.807) is 0 Å². The number of hydrogen-bond acceptors (Lipinski definition) is 1. The Bertz CT molecular complexity index is 3140. The van der Waals surface area contributed by atoms with Gasteiger partial charge in [-0.1, -0.05) is 166 Å². The molecule has 280 valence electrons. The minimum absolute atomic E-state index is 0.0404. The summed E-state index contributed by atoms with van der Waals surface area (Å²) in [6.45, 7) is 4.69. The fourth-order valence-electron chi connectivity index (χ4n) is 9.47. The normalized spacial score (nSPS) is 12.7. The van der Waals surface area contributed by atoms with Gasteiger partial charge in [0, 0.05) is 38.9 Å². The number of rotatable bonds is 7. The highest BCUT2D eigenvalue weighted by Gasteiger charge is 2.35. The molecule has 0 saturated carbocycles. The summed E-state index contributed by atoms with van der Waals surface area (Å²) in [5.74, 6) is 0. The van der Waals surface area contributed by atoms with Crippen molar-refractivity contribution in [3.63, 3.8) is 0 Å². The Morgan fingerprint density at radius 3 is 1.54 bits per heavy atom. The highest BCUT2D eigenvalue weighted by atomic mass is 15.1. The second-order valence-electron chi connectivity index (χ2n) is 16.2. The Morgan fingerprint density at radius 2 is 0.847 bits per heavy atom. The molecular weight excluding hydrogens is 713 g/mol. The molecule has 0 aliphatic heterocycles. The summed E-state index contributed by atoms with van der Waals surface area (Å²) >= 11 is 0. The van der Waals surface area contributed by atoms with Gasteiger partial charge in [0.1, 0.15) is 0 Å². The molecule has 0 fully saturated rings. The molecule has 10 aromatic rings. The molecule has 11 rings (SSSR count). The lowest BCUT2D eigenvalue weighted by atomic mass is 9.81. The van der Waals surface area contributed by atoms with Crippen LogP contribution in [-0.2, 0) is 5.41 Å². The lowest BCUT2D eigenvalue weighted by Gasteiger charge is -2.26. The van der Waals surface area contributed by atoms with Gasteiger partial charge in [-0.3, -0.25) is 0 Å². The van der Waals surface area contributed by atoms with Gasteiger partial charge in [0.15, 0.2) is 0 Å². The molecule has 1 aliphatic carbocycles. The van der Waals surface area contributed by atoms with Crippen molar-refractivity contribution in [2.45, 2.75) is 19.3 Å². The van der Waals surface area contributed by atoms with Gasteiger partial charge in [-0.05, 0) is 122 Å². The van der Waals surface area contributed by atoms with Crippen molar-refractivity contribution >= 4 is 38.9 Å². The molecule has 0 N–H and O–H groups in total. The summed E-state index contributed by atoms with van der Waals surface area (Å²) in [6.07, 6.45) is 0. The quantitative estimate of drug-likeness (QED) is 0.157. The molecule has 1 aliphatic rings. The minimum Gasteiger partial charge on any atom is -0.311 e. The van der Waals surface area contributed by atoms with Crippen molar-refractivity contribution in [2.75, 3.05) is 4.90 Å². The molecule has 2 nitrogen and oxygen atoms in total. The second kappa shape index (κ2) is 13.9. The summed E-state index contributed by atoms with van der Waals surface area (Å²) in [5.41, 5.74) is 19.6. The van der Waals surface area contributed by atoms with E-state index in [1.807, 2.05) is 0 Å². The van der Waals surface area contributed by atoms with Gasteiger partial charge in [-0.25, -0.2) is 0 Å². The SMILES string of the molecule is CC1(C)c2ccccc2-c2ccc(-c3ccc(N(c4ccc(-c5ccccc5)cc4)c4ccc(-c5cccc6c5c5ccccc5n6-c5ccccc5)cc4)cc3)cc21. The third kappa shape index (κ3) is 5.79. The molecule has 0 saturated heterocycles. The largest absolute Gasteiger partial charge is 0.311 e. The Hall–Kier alpha value is -7.42. The number of hydrogen-bond donors (Lipinski definition) is 0. The van der Waals surface area contributed by atoms with Gasteiger partial charge < -0.3 is 9.47 Å². The molecule has 0 bridgehead atoms. The van der Waals surface area contributed by atoms with E-state index in [1.165, 1.54) is 77.4 Å². The van der Waals surface area contributed by atoms with Crippen LogP contribution >= 0.6 is 0 Å².